The van der Waals surface area contributed by atoms with Gasteiger partial charge < -0.3 is 20.5 Å². The fraction of sp³-hybridized carbons (Fsp3) is 0.458. The van der Waals surface area contributed by atoms with E-state index in [4.69, 9.17) is 4.74 Å². The molecule has 1 aliphatic heterocycles. The highest BCUT2D eigenvalue weighted by Gasteiger charge is 2.72. The van der Waals surface area contributed by atoms with Crippen LogP contribution >= 0.6 is 0 Å². The second-order valence-electron chi connectivity index (χ2n) is 9.70. The van der Waals surface area contributed by atoms with Gasteiger partial charge in [-0.2, -0.15) is 13.2 Å². The van der Waals surface area contributed by atoms with Gasteiger partial charge >= 0.3 is 6.18 Å². The predicted octanol–water partition coefficient (Wildman–Crippen LogP) is 2.95. The number of aliphatic hydroxyl groups is 1. The minimum Gasteiger partial charge on any atom is -0.480 e. The second-order valence-corrected chi connectivity index (χ2v) is 9.70. The van der Waals surface area contributed by atoms with Crippen LogP contribution in [0.5, 0.6) is 5.75 Å². The van der Waals surface area contributed by atoms with Crippen LogP contribution in [-0.2, 0) is 22.3 Å². The minimum atomic E-state index is -4.46. The summed E-state index contributed by atoms with van der Waals surface area (Å²) < 4.78 is 43.7. The highest BCUT2D eigenvalue weighted by Crippen LogP contribution is 2.67. The summed E-state index contributed by atoms with van der Waals surface area (Å²) in [6.45, 7) is 1.95. The standard InChI is InChI=1S/C24H24F3N3O4/c1-13-2-5-18-16(6-13)17(31)7-19(34-18)20(32)30-23-10-22(11-23,12-23)21(33)29-9-15-4-3-14(8-28-15)24(25,26)27/h2-6,8,17,19,31H,7,9-12H2,1H3,(H,29,33)(H,30,32)/t17-,19-,22?,23?/m1/s1. The second kappa shape index (κ2) is 7.69. The molecule has 4 aliphatic rings. The molecule has 0 saturated heterocycles. The van der Waals surface area contributed by atoms with E-state index in [0.29, 0.717) is 36.3 Å². The highest BCUT2D eigenvalue weighted by molar-refractivity contribution is 5.89. The molecule has 3 aliphatic carbocycles. The number of carbonyl (C=O) groups excluding carboxylic acids is 2. The lowest BCUT2D eigenvalue weighted by molar-refractivity contribution is -0.185. The van der Waals surface area contributed by atoms with Gasteiger partial charge in [-0.1, -0.05) is 11.6 Å². The molecule has 0 spiro atoms. The summed E-state index contributed by atoms with van der Waals surface area (Å²) in [6, 6.07) is 7.63. The van der Waals surface area contributed by atoms with Crippen molar-refractivity contribution >= 4 is 11.8 Å². The van der Waals surface area contributed by atoms with Crippen LogP contribution in [0.25, 0.3) is 0 Å². The number of aryl methyl sites for hydroxylation is 1. The Morgan fingerprint density at radius 3 is 2.59 bits per heavy atom. The van der Waals surface area contributed by atoms with Crippen molar-refractivity contribution in [3.63, 3.8) is 0 Å². The smallest absolute Gasteiger partial charge is 0.417 e. The lowest BCUT2D eigenvalue weighted by Gasteiger charge is -2.69. The molecule has 3 saturated carbocycles. The number of rotatable bonds is 5. The third kappa shape index (κ3) is 3.89. The Morgan fingerprint density at radius 1 is 1.21 bits per heavy atom. The van der Waals surface area contributed by atoms with Gasteiger partial charge in [-0.15, -0.1) is 0 Å². The van der Waals surface area contributed by atoms with Crippen LogP contribution in [0.3, 0.4) is 0 Å². The van der Waals surface area contributed by atoms with E-state index in [1.54, 1.807) is 6.07 Å². The van der Waals surface area contributed by atoms with Crippen LogP contribution in [0.2, 0.25) is 0 Å². The zero-order valence-electron chi connectivity index (χ0n) is 18.4. The van der Waals surface area contributed by atoms with Gasteiger partial charge in [-0.05, 0) is 50.5 Å². The van der Waals surface area contributed by atoms with Crippen LogP contribution in [-0.4, -0.2) is 33.5 Å². The van der Waals surface area contributed by atoms with Gasteiger partial charge in [0.15, 0.2) is 6.10 Å². The van der Waals surface area contributed by atoms with Crippen molar-refractivity contribution in [3.05, 3.63) is 58.9 Å². The first kappa shape index (κ1) is 22.6. The third-order valence-corrected chi connectivity index (χ3v) is 7.01. The van der Waals surface area contributed by atoms with Crippen molar-refractivity contribution < 1.29 is 32.6 Å². The number of aromatic nitrogens is 1. The molecule has 2 atom stereocenters. The molecule has 180 valence electrons. The van der Waals surface area contributed by atoms with Crippen molar-refractivity contribution in [2.45, 2.75) is 63.1 Å². The quantitative estimate of drug-likeness (QED) is 0.618. The van der Waals surface area contributed by atoms with E-state index in [1.807, 2.05) is 19.1 Å². The first-order valence-electron chi connectivity index (χ1n) is 11.1. The zero-order chi connectivity index (χ0) is 24.3. The number of halogens is 3. The molecule has 2 heterocycles. The average Bonchev–Trinajstić information content (AvgIpc) is 2.73. The lowest BCUT2D eigenvalue weighted by Crippen LogP contribution is -2.79. The van der Waals surface area contributed by atoms with E-state index < -0.39 is 34.9 Å². The van der Waals surface area contributed by atoms with E-state index >= 15 is 0 Å². The number of alkyl halides is 3. The fourth-order valence-electron chi connectivity index (χ4n) is 5.29. The van der Waals surface area contributed by atoms with Gasteiger partial charge in [-0.3, -0.25) is 14.6 Å². The monoisotopic (exact) mass is 475 g/mol. The molecule has 6 rings (SSSR count). The molecular formula is C24H24F3N3O4. The Morgan fingerprint density at radius 2 is 1.94 bits per heavy atom. The maximum absolute atomic E-state index is 12.8. The maximum Gasteiger partial charge on any atom is 0.417 e. The van der Waals surface area contributed by atoms with Gasteiger partial charge in [0.1, 0.15) is 5.75 Å². The van der Waals surface area contributed by atoms with Crippen molar-refractivity contribution in [2.75, 3.05) is 0 Å². The number of carbonyl (C=O) groups is 2. The van der Waals surface area contributed by atoms with Crippen molar-refractivity contribution in [3.8, 4) is 5.75 Å². The Balaban J connectivity index is 1.12. The summed E-state index contributed by atoms with van der Waals surface area (Å²) in [4.78, 5) is 29.2. The van der Waals surface area contributed by atoms with E-state index in [0.717, 1.165) is 17.8 Å². The Bertz CT molecular complexity index is 1130. The topological polar surface area (TPSA) is 101 Å². The molecule has 2 bridgehead atoms. The van der Waals surface area contributed by atoms with Crippen molar-refractivity contribution in [1.82, 2.24) is 15.6 Å². The van der Waals surface area contributed by atoms with E-state index in [-0.39, 0.29) is 24.8 Å². The van der Waals surface area contributed by atoms with E-state index in [9.17, 15) is 27.9 Å². The first-order chi connectivity index (χ1) is 16.0. The summed E-state index contributed by atoms with van der Waals surface area (Å²) in [5, 5.41) is 16.2. The zero-order valence-corrected chi connectivity index (χ0v) is 18.4. The number of aliphatic hydroxyl groups excluding tert-OH is 1. The molecule has 1 aromatic carbocycles. The summed E-state index contributed by atoms with van der Waals surface area (Å²) in [5.41, 5.74) is 0.134. The number of nitrogens with zero attached hydrogens (tertiary/aromatic N) is 1. The molecular weight excluding hydrogens is 451 g/mol. The average molecular weight is 475 g/mol. The van der Waals surface area contributed by atoms with Crippen LogP contribution in [0.4, 0.5) is 13.2 Å². The Labute approximate surface area is 193 Å². The largest absolute Gasteiger partial charge is 0.480 e. The van der Waals surface area contributed by atoms with Gasteiger partial charge in [0.2, 0.25) is 5.91 Å². The number of hydrogen-bond donors (Lipinski definition) is 3. The maximum atomic E-state index is 12.8. The first-order valence-corrected chi connectivity index (χ1v) is 11.1. The molecule has 3 fully saturated rings. The number of hydrogen-bond acceptors (Lipinski definition) is 5. The molecule has 2 aromatic rings. The highest BCUT2D eigenvalue weighted by atomic mass is 19.4. The number of pyridine rings is 1. The SMILES string of the molecule is Cc1ccc2c(c1)[C@H](O)C[C@H](C(=O)NC13CC(C(=O)NCc4ccc(C(F)(F)F)cn4)(C1)C3)O2. The van der Waals surface area contributed by atoms with Crippen LogP contribution in [0.1, 0.15) is 54.2 Å². The van der Waals surface area contributed by atoms with Crippen LogP contribution < -0.4 is 15.4 Å². The molecule has 3 N–H and O–H groups in total. The Hall–Kier alpha value is -3.14. The number of benzene rings is 1. The summed E-state index contributed by atoms with van der Waals surface area (Å²) >= 11 is 0. The molecule has 0 unspecified atom stereocenters. The molecule has 0 radical (unpaired) electrons. The molecule has 10 heteroatoms. The Kier molecular flexibility index (Phi) is 5.12. The minimum absolute atomic E-state index is 0.0325. The number of fused-ring (bicyclic) bond motifs is 1. The normalized spacial score (nSPS) is 29.1. The van der Waals surface area contributed by atoms with E-state index in [2.05, 4.69) is 15.6 Å². The number of nitrogens with one attached hydrogen (secondary N) is 2. The molecule has 1 aromatic heterocycles. The molecule has 7 nitrogen and oxygen atoms in total. The third-order valence-electron chi connectivity index (χ3n) is 7.01. The van der Waals surface area contributed by atoms with Gasteiger partial charge in [-0.25, -0.2) is 0 Å². The summed E-state index contributed by atoms with van der Waals surface area (Å²) in [5.74, 6) is -0.0123. The fourth-order valence-corrected chi connectivity index (χ4v) is 5.29. The van der Waals surface area contributed by atoms with E-state index in [1.165, 1.54) is 6.07 Å². The molecule has 34 heavy (non-hydrogen) atoms. The lowest BCUT2D eigenvalue weighted by atomic mass is 9.39. The summed E-state index contributed by atoms with van der Waals surface area (Å²) in [7, 11) is 0. The number of amides is 2. The summed E-state index contributed by atoms with van der Waals surface area (Å²) in [6.07, 6.45) is -3.68. The van der Waals surface area contributed by atoms with Gasteiger partial charge in [0.05, 0.1) is 29.3 Å². The van der Waals surface area contributed by atoms with Crippen molar-refractivity contribution in [1.29, 1.82) is 0 Å². The van der Waals surface area contributed by atoms with Crippen LogP contribution in [0, 0.1) is 12.3 Å². The predicted molar refractivity (Wildman–Crippen MR) is 113 cm³/mol. The van der Waals surface area contributed by atoms with Gasteiger partial charge in [0, 0.05) is 23.7 Å². The van der Waals surface area contributed by atoms with Crippen LogP contribution in [0.15, 0.2) is 36.5 Å². The molecule has 2 amide bonds. The number of ether oxygens (including phenoxy) is 1. The van der Waals surface area contributed by atoms with Crippen molar-refractivity contribution in [2.24, 2.45) is 5.41 Å². The van der Waals surface area contributed by atoms with Gasteiger partial charge in [0.25, 0.3) is 5.91 Å².